The lowest BCUT2D eigenvalue weighted by Crippen LogP contribution is -2.23. The van der Waals surface area contributed by atoms with Crippen molar-refractivity contribution in [1.29, 1.82) is 0 Å². The van der Waals surface area contributed by atoms with Gasteiger partial charge in [0.25, 0.3) is 10.1 Å². The van der Waals surface area contributed by atoms with Crippen molar-refractivity contribution < 1.29 is 13.0 Å². The molecule has 0 aromatic heterocycles. The Labute approximate surface area is 115 Å². The summed E-state index contributed by atoms with van der Waals surface area (Å²) in [5.41, 5.74) is 0.594. The Morgan fingerprint density at radius 3 is 2.42 bits per heavy atom. The molecule has 0 saturated carbocycles. The summed E-state index contributed by atoms with van der Waals surface area (Å²) in [5, 5.41) is 0. The molecule has 0 heterocycles. The van der Waals surface area contributed by atoms with Crippen LogP contribution in [0, 0.1) is 6.57 Å². The average Bonchev–Trinajstić information content (AvgIpc) is 2.35. The molecule has 0 spiro atoms. The van der Waals surface area contributed by atoms with E-state index >= 15 is 0 Å². The highest BCUT2D eigenvalue weighted by atomic mass is 32.2. The molecule has 1 rings (SSSR count). The SMILES string of the molecule is [C-]#[N+]C(C)(CCCCS(=O)(=O)O)Cc1ccccc1. The highest BCUT2D eigenvalue weighted by molar-refractivity contribution is 7.85. The maximum absolute atomic E-state index is 10.6. The number of unbranched alkanes of at least 4 members (excludes halogenated alkanes) is 1. The van der Waals surface area contributed by atoms with Crippen LogP contribution in [0.25, 0.3) is 4.85 Å². The molecule has 1 aromatic carbocycles. The standard InChI is InChI=1S/C14H19NO3S/c1-14(15-2,10-6-7-11-19(16,17)18)12-13-8-4-3-5-9-13/h3-5,8-9H,6-7,10-12H2,1H3,(H,16,17,18). The first-order valence-corrected chi connectivity index (χ1v) is 7.83. The highest BCUT2D eigenvalue weighted by Gasteiger charge is 2.29. The van der Waals surface area contributed by atoms with E-state index in [1.165, 1.54) is 0 Å². The molecule has 1 unspecified atom stereocenters. The van der Waals surface area contributed by atoms with Crippen LogP contribution in [-0.4, -0.2) is 24.3 Å². The fourth-order valence-electron chi connectivity index (χ4n) is 2.01. The molecule has 0 aliphatic heterocycles. The first-order valence-electron chi connectivity index (χ1n) is 6.22. The van der Waals surface area contributed by atoms with E-state index < -0.39 is 15.7 Å². The second-order valence-corrected chi connectivity index (χ2v) is 6.59. The van der Waals surface area contributed by atoms with E-state index in [-0.39, 0.29) is 5.75 Å². The lowest BCUT2D eigenvalue weighted by molar-refractivity contribution is 0.462. The number of hydrogen-bond donors (Lipinski definition) is 1. The van der Waals surface area contributed by atoms with Gasteiger partial charge in [-0.05, 0) is 18.4 Å². The van der Waals surface area contributed by atoms with E-state index in [0.717, 1.165) is 5.56 Å². The van der Waals surface area contributed by atoms with Crippen LogP contribution >= 0.6 is 0 Å². The molecule has 5 heteroatoms. The van der Waals surface area contributed by atoms with E-state index in [4.69, 9.17) is 11.1 Å². The highest BCUT2D eigenvalue weighted by Crippen LogP contribution is 2.24. The van der Waals surface area contributed by atoms with Crippen molar-refractivity contribution in [1.82, 2.24) is 0 Å². The van der Waals surface area contributed by atoms with Crippen LogP contribution in [0.15, 0.2) is 30.3 Å². The average molecular weight is 281 g/mol. The van der Waals surface area contributed by atoms with Gasteiger partial charge in [-0.15, -0.1) is 0 Å². The van der Waals surface area contributed by atoms with Crippen LogP contribution < -0.4 is 0 Å². The Balaban J connectivity index is 2.50. The molecule has 1 atom stereocenters. The third-order valence-electron chi connectivity index (χ3n) is 3.07. The number of hydrogen-bond acceptors (Lipinski definition) is 2. The van der Waals surface area contributed by atoms with Gasteiger partial charge in [0, 0.05) is 13.3 Å². The van der Waals surface area contributed by atoms with E-state index in [0.29, 0.717) is 25.7 Å². The summed E-state index contributed by atoms with van der Waals surface area (Å²) in [5.74, 6) is -0.230. The molecule has 0 saturated heterocycles. The Kier molecular flexibility index (Phi) is 5.52. The molecule has 0 aliphatic carbocycles. The van der Waals surface area contributed by atoms with Crippen LogP contribution in [0.1, 0.15) is 31.7 Å². The van der Waals surface area contributed by atoms with Gasteiger partial charge in [0.15, 0.2) is 0 Å². The molecule has 4 nitrogen and oxygen atoms in total. The third kappa shape index (κ3) is 6.37. The van der Waals surface area contributed by atoms with Gasteiger partial charge >= 0.3 is 0 Å². The number of rotatable bonds is 7. The summed E-state index contributed by atoms with van der Waals surface area (Å²) < 4.78 is 29.9. The van der Waals surface area contributed by atoms with Gasteiger partial charge < -0.3 is 4.85 Å². The molecule has 0 aliphatic rings. The van der Waals surface area contributed by atoms with Crippen molar-refractivity contribution in [3.05, 3.63) is 47.3 Å². The van der Waals surface area contributed by atoms with Crippen molar-refractivity contribution in [2.45, 2.75) is 38.1 Å². The molecule has 1 aromatic rings. The van der Waals surface area contributed by atoms with Gasteiger partial charge in [0.05, 0.1) is 12.2 Å². The van der Waals surface area contributed by atoms with E-state index in [1.54, 1.807) is 0 Å². The van der Waals surface area contributed by atoms with Crippen LogP contribution in [0.4, 0.5) is 0 Å². The lowest BCUT2D eigenvalue weighted by atomic mass is 9.88. The van der Waals surface area contributed by atoms with Crippen LogP contribution in [0.5, 0.6) is 0 Å². The monoisotopic (exact) mass is 281 g/mol. The van der Waals surface area contributed by atoms with Gasteiger partial charge in [-0.2, -0.15) is 8.42 Å². The first-order chi connectivity index (χ1) is 8.85. The molecule has 0 bridgehead atoms. The topological polar surface area (TPSA) is 58.7 Å². The smallest absolute Gasteiger partial charge is 0.264 e. The summed E-state index contributed by atoms with van der Waals surface area (Å²) in [6, 6.07) is 9.80. The molecule has 0 amide bonds. The predicted molar refractivity (Wildman–Crippen MR) is 75.4 cm³/mol. The van der Waals surface area contributed by atoms with Crippen molar-refractivity contribution >= 4 is 10.1 Å². The molecule has 104 valence electrons. The predicted octanol–water partition coefficient (Wildman–Crippen LogP) is 2.97. The van der Waals surface area contributed by atoms with Gasteiger partial charge in [-0.1, -0.05) is 30.3 Å². The van der Waals surface area contributed by atoms with E-state index in [1.807, 2.05) is 37.3 Å². The fourth-order valence-corrected chi connectivity index (χ4v) is 2.58. The van der Waals surface area contributed by atoms with Crippen molar-refractivity contribution in [2.75, 3.05) is 5.75 Å². The fraction of sp³-hybridized carbons (Fsp3) is 0.500. The quantitative estimate of drug-likeness (QED) is 0.475. The van der Waals surface area contributed by atoms with Crippen molar-refractivity contribution in [3.8, 4) is 0 Å². The second-order valence-electron chi connectivity index (χ2n) is 5.01. The summed E-state index contributed by atoms with van der Waals surface area (Å²) in [4.78, 5) is 3.69. The molecular weight excluding hydrogens is 262 g/mol. The zero-order valence-electron chi connectivity index (χ0n) is 11.0. The Morgan fingerprint density at radius 1 is 1.26 bits per heavy atom. The maximum atomic E-state index is 10.6. The zero-order chi connectivity index (χ0) is 14.4. The van der Waals surface area contributed by atoms with E-state index in [2.05, 4.69) is 4.85 Å². The molecule has 19 heavy (non-hydrogen) atoms. The van der Waals surface area contributed by atoms with Gasteiger partial charge in [-0.3, -0.25) is 4.55 Å². The van der Waals surface area contributed by atoms with Gasteiger partial charge in [-0.25, -0.2) is 6.57 Å². The summed E-state index contributed by atoms with van der Waals surface area (Å²) in [7, 11) is -3.88. The largest absolute Gasteiger partial charge is 0.310 e. The van der Waals surface area contributed by atoms with E-state index in [9.17, 15) is 8.42 Å². The third-order valence-corrected chi connectivity index (χ3v) is 3.87. The van der Waals surface area contributed by atoms with Crippen molar-refractivity contribution in [3.63, 3.8) is 0 Å². The van der Waals surface area contributed by atoms with Gasteiger partial charge in [0.2, 0.25) is 5.54 Å². The minimum absolute atomic E-state index is 0.230. The Morgan fingerprint density at radius 2 is 1.89 bits per heavy atom. The maximum Gasteiger partial charge on any atom is 0.264 e. The molecule has 0 fully saturated rings. The van der Waals surface area contributed by atoms with Gasteiger partial charge in [0.1, 0.15) is 0 Å². The molecular formula is C14H19NO3S. The first kappa shape index (κ1) is 15.7. The molecule has 1 N–H and O–H groups in total. The lowest BCUT2D eigenvalue weighted by Gasteiger charge is -2.17. The number of benzene rings is 1. The Bertz CT molecular complexity index is 534. The second kappa shape index (κ2) is 6.69. The minimum atomic E-state index is -3.88. The zero-order valence-corrected chi connectivity index (χ0v) is 11.9. The summed E-state index contributed by atoms with van der Waals surface area (Å²) in [6.45, 7) is 9.21. The number of nitrogens with zero attached hydrogens (tertiary/aromatic N) is 1. The summed E-state index contributed by atoms with van der Waals surface area (Å²) >= 11 is 0. The normalized spacial score (nSPS) is 14.6. The van der Waals surface area contributed by atoms with Crippen LogP contribution in [0.3, 0.4) is 0 Å². The van der Waals surface area contributed by atoms with Crippen LogP contribution in [-0.2, 0) is 16.5 Å². The van der Waals surface area contributed by atoms with Crippen molar-refractivity contribution in [2.24, 2.45) is 0 Å². The van der Waals surface area contributed by atoms with Crippen LogP contribution in [0.2, 0.25) is 0 Å². The minimum Gasteiger partial charge on any atom is -0.310 e. The Hall–Kier alpha value is -1.38. The summed E-state index contributed by atoms with van der Waals surface area (Å²) in [6.07, 6.45) is 2.29. The molecule has 0 radical (unpaired) electrons.